The van der Waals surface area contributed by atoms with Crippen LogP contribution in [0.25, 0.3) is 0 Å². The number of hydrogen-bond donors (Lipinski definition) is 1. The van der Waals surface area contributed by atoms with Gasteiger partial charge in [-0.2, -0.15) is 0 Å². The van der Waals surface area contributed by atoms with Crippen LogP contribution in [0.15, 0.2) is 40.8 Å². The van der Waals surface area contributed by atoms with Crippen molar-refractivity contribution in [2.24, 2.45) is 5.73 Å². The second-order valence-corrected chi connectivity index (χ2v) is 5.35. The zero-order valence-electron chi connectivity index (χ0n) is 13.0. The van der Waals surface area contributed by atoms with Gasteiger partial charge < -0.3 is 14.9 Å². The predicted molar refractivity (Wildman–Crippen MR) is 84.2 cm³/mol. The minimum absolute atomic E-state index is 0.382. The van der Waals surface area contributed by atoms with Crippen molar-refractivity contribution in [2.75, 3.05) is 14.2 Å². The van der Waals surface area contributed by atoms with Crippen molar-refractivity contribution in [1.29, 1.82) is 0 Å². The fourth-order valence-electron chi connectivity index (χ4n) is 2.36. The number of methoxy groups -OCH3 is 1. The van der Waals surface area contributed by atoms with E-state index in [1.54, 1.807) is 7.11 Å². The van der Waals surface area contributed by atoms with E-state index >= 15 is 0 Å². The monoisotopic (exact) mass is 288 g/mol. The third-order valence-electron chi connectivity index (χ3n) is 3.78. The van der Waals surface area contributed by atoms with Gasteiger partial charge in [-0.3, -0.25) is 4.90 Å². The van der Waals surface area contributed by atoms with Crippen LogP contribution in [0.1, 0.15) is 24.0 Å². The van der Waals surface area contributed by atoms with E-state index < -0.39 is 0 Å². The van der Waals surface area contributed by atoms with E-state index in [1.165, 1.54) is 5.56 Å². The first kappa shape index (κ1) is 15.6. The molecule has 2 N–H and O–H groups in total. The smallest absolute Gasteiger partial charge is 0.122 e. The Morgan fingerprint density at radius 1 is 1.19 bits per heavy atom. The summed E-state index contributed by atoms with van der Waals surface area (Å²) in [4.78, 5) is 2.27. The van der Waals surface area contributed by atoms with Gasteiger partial charge in [-0.1, -0.05) is 18.2 Å². The molecule has 0 bridgehead atoms. The van der Waals surface area contributed by atoms with Crippen molar-refractivity contribution in [3.63, 3.8) is 0 Å². The second kappa shape index (κ2) is 7.29. The van der Waals surface area contributed by atoms with Gasteiger partial charge in [-0.15, -0.1) is 0 Å². The molecule has 0 radical (unpaired) electrons. The van der Waals surface area contributed by atoms with Gasteiger partial charge in [-0.25, -0.2) is 0 Å². The van der Waals surface area contributed by atoms with Crippen molar-refractivity contribution < 1.29 is 9.15 Å². The quantitative estimate of drug-likeness (QED) is 0.851. The van der Waals surface area contributed by atoms with E-state index in [0.717, 1.165) is 30.2 Å². The minimum atomic E-state index is 0.382. The largest absolute Gasteiger partial charge is 0.496 e. The van der Waals surface area contributed by atoms with Crippen molar-refractivity contribution in [3.05, 3.63) is 53.5 Å². The van der Waals surface area contributed by atoms with Crippen molar-refractivity contribution in [3.8, 4) is 5.75 Å². The van der Waals surface area contributed by atoms with Crippen LogP contribution in [0.4, 0.5) is 0 Å². The summed E-state index contributed by atoms with van der Waals surface area (Å²) in [6.07, 6.45) is 0.935. The zero-order valence-corrected chi connectivity index (χ0v) is 13.0. The average molecular weight is 288 g/mol. The normalized spacial score (nSPS) is 12.6. The highest BCUT2D eigenvalue weighted by molar-refractivity contribution is 5.33. The molecule has 0 aliphatic heterocycles. The molecule has 114 valence electrons. The van der Waals surface area contributed by atoms with Gasteiger partial charge in [0.1, 0.15) is 17.3 Å². The number of hydrogen-bond acceptors (Lipinski definition) is 4. The Hall–Kier alpha value is -1.78. The molecule has 1 aromatic carbocycles. The standard InChI is InChI=1S/C17H24N2O2/c1-13(10-14-6-4-5-7-17(14)20-3)19(2)12-16-9-8-15(11-18)21-16/h4-9,13H,10-12,18H2,1-3H3. The number of likely N-dealkylation sites (N-methyl/N-ethyl adjacent to an activating group) is 1. The predicted octanol–water partition coefficient (Wildman–Crippen LogP) is 2.81. The Kier molecular flexibility index (Phi) is 5.42. The molecule has 21 heavy (non-hydrogen) atoms. The van der Waals surface area contributed by atoms with Crippen LogP contribution in [-0.4, -0.2) is 25.1 Å². The summed E-state index contributed by atoms with van der Waals surface area (Å²) < 4.78 is 11.1. The van der Waals surface area contributed by atoms with Crippen LogP contribution in [-0.2, 0) is 19.5 Å². The third-order valence-corrected chi connectivity index (χ3v) is 3.78. The third kappa shape index (κ3) is 4.09. The van der Waals surface area contributed by atoms with Crippen molar-refractivity contribution in [1.82, 2.24) is 4.90 Å². The molecule has 2 rings (SSSR count). The Balaban J connectivity index is 1.97. The topological polar surface area (TPSA) is 51.6 Å². The first-order chi connectivity index (χ1) is 10.1. The Morgan fingerprint density at radius 3 is 2.57 bits per heavy atom. The fraction of sp³-hybridized carbons (Fsp3) is 0.412. The van der Waals surface area contributed by atoms with Crippen LogP contribution in [0.5, 0.6) is 5.75 Å². The molecule has 4 heteroatoms. The molecule has 0 spiro atoms. The number of para-hydroxylation sites is 1. The van der Waals surface area contributed by atoms with E-state index in [9.17, 15) is 0 Å². The van der Waals surface area contributed by atoms with Gasteiger partial charge in [-0.05, 0) is 44.2 Å². The Bertz CT molecular complexity index is 565. The lowest BCUT2D eigenvalue weighted by atomic mass is 10.1. The van der Waals surface area contributed by atoms with Crippen molar-refractivity contribution >= 4 is 0 Å². The first-order valence-corrected chi connectivity index (χ1v) is 7.23. The Morgan fingerprint density at radius 2 is 1.90 bits per heavy atom. The molecule has 1 heterocycles. The molecule has 1 atom stereocenters. The van der Waals surface area contributed by atoms with Crippen molar-refractivity contribution in [2.45, 2.75) is 32.5 Å². The van der Waals surface area contributed by atoms with E-state index in [1.807, 2.05) is 30.3 Å². The van der Waals surface area contributed by atoms with Crippen LogP contribution in [0.3, 0.4) is 0 Å². The molecular formula is C17H24N2O2. The van der Waals surface area contributed by atoms with Crippen LogP contribution in [0.2, 0.25) is 0 Å². The molecule has 4 nitrogen and oxygen atoms in total. The van der Waals surface area contributed by atoms with Gasteiger partial charge in [0.25, 0.3) is 0 Å². The van der Waals surface area contributed by atoms with E-state index in [2.05, 4.69) is 24.9 Å². The molecule has 0 aliphatic rings. The van der Waals surface area contributed by atoms with Crippen LogP contribution in [0, 0.1) is 0 Å². The summed E-state index contributed by atoms with van der Waals surface area (Å²) in [7, 11) is 3.81. The lowest BCUT2D eigenvalue weighted by Gasteiger charge is -2.24. The molecule has 1 aromatic heterocycles. The maximum absolute atomic E-state index is 5.66. The summed E-state index contributed by atoms with van der Waals surface area (Å²) in [6.45, 7) is 3.43. The number of nitrogens with zero attached hydrogens (tertiary/aromatic N) is 1. The van der Waals surface area contributed by atoms with Gasteiger partial charge in [0.05, 0.1) is 20.2 Å². The Labute approximate surface area is 126 Å². The number of furan rings is 1. The maximum atomic E-state index is 5.66. The molecule has 0 fully saturated rings. The summed E-state index contributed by atoms with van der Waals surface area (Å²) in [6, 6.07) is 12.5. The summed E-state index contributed by atoms with van der Waals surface area (Å²) in [5, 5.41) is 0. The maximum Gasteiger partial charge on any atom is 0.122 e. The summed E-state index contributed by atoms with van der Waals surface area (Å²) >= 11 is 0. The number of benzene rings is 1. The highest BCUT2D eigenvalue weighted by atomic mass is 16.5. The molecule has 0 aliphatic carbocycles. The average Bonchev–Trinajstić information content (AvgIpc) is 2.95. The zero-order chi connectivity index (χ0) is 15.2. The van der Waals surface area contributed by atoms with E-state index in [-0.39, 0.29) is 0 Å². The van der Waals surface area contributed by atoms with E-state index in [4.69, 9.17) is 14.9 Å². The van der Waals surface area contributed by atoms with Gasteiger partial charge >= 0.3 is 0 Å². The lowest BCUT2D eigenvalue weighted by molar-refractivity contribution is 0.225. The lowest BCUT2D eigenvalue weighted by Crippen LogP contribution is -2.30. The van der Waals surface area contributed by atoms with Gasteiger partial charge in [0.2, 0.25) is 0 Å². The summed E-state index contributed by atoms with van der Waals surface area (Å²) in [5.41, 5.74) is 6.79. The molecule has 2 aromatic rings. The molecule has 1 unspecified atom stereocenters. The highest BCUT2D eigenvalue weighted by Gasteiger charge is 2.14. The fourth-order valence-corrected chi connectivity index (χ4v) is 2.36. The number of ether oxygens (including phenoxy) is 1. The molecule has 0 saturated carbocycles. The summed E-state index contributed by atoms with van der Waals surface area (Å²) in [5.74, 6) is 2.72. The van der Waals surface area contributed by atoms with Gasteiger partial charge in [0, 0.05) is 6.04 Å². The molecule has 0 saturated heterocycles. The van der Waals surface area contributed by atoms with E-state index in [0.29, 0.717) is 12.6 Å². The second-order valence-electron chi connectivity index (χ2n) is 5.35. The van der Waals surface area contributed by atoms with Crippen LogP contribution >= 0.6 is 0 Å². The number of rotatable bonds is 7. The molecular weight excluding hydrogens is 264 g/mol. The van der Waals surface area contributed by atoms with Gasteiger partial charge in [0.15, 0.2) is 0 Å². The highest BCUT2D eigenvalue weighted by Crippen LogP contribution is 2.21. The first-order valence-electron chi connectivity index (χ1n) is 7.23. The number of nitrogens with two attached hydrogens (primary N) is 1. The minimum Gasteiger partial charge on any atom is -0.496 e. The molecule has 0 amide bonds. The van der Waals surface area contributed by atoms with Crippen LogP contribution < -0.4 is 10.5 Å². The SMILES string of the molecule is COc1ccccc1CC(C)N(C)Cc1ccc(CN)o1.